The van der Waals surface area contributed by atoms with Crippen molar-refractivity contribution in [3.05, 3.63) is 28.5 Å². The third-order valence-corrected chi connectivity index (χ3v) is 10.5. The van der Waals surface area contributed by atoms with Crippen molar-refractivity contribution in [2.45, 2.75) is 27.7 Å². The third-order valence-electron chi connectivity index (χ3n) is 4.81. The Balaban J connectivity index is 1.45. The van der Waals surface area contributed by atoms with E-state index in [-0.39, 0.29) is 28.3 Å². The van der Waals surface area contributed by atoms with E-state index in [0.29, 0.717) is 25.3 Å². The van der Waals surface area contributed by atoms with Gasteiger partial charge in [0, 0.05) is 24.5 Å². The zero-order valence-electron chi connectivity index (χ0n) is 15.6. The molecular weight excluding hydrogens is 450 g/mol. The van der Waals surface area contributed by atoms with Crippen molar-refractivity contribution in [1.82, 2.24) is 9.62 Å². The van der Waals surface area contributed by atoms with Crippen LogP contribution in [0.1, 0.15) is 17.7 Å². The summed E-state index contributed by atoms with van der Waals surface area (Å²) in [7, 11) is -3.54. The first kappa shape index (κ1) is 20.9. The topological polar surface area (TPSA) is 86.8 Å². The standard InChI is InChI=1S/C18H21N3O4S4/c22-15(19-6-5-13-4-3-9-26-13)11-21-14-10-17(28-18(14)27-12-16(21)23)29(24,25)20-7-1-2-8-20/h3-4,9-10H,1-2,5-8,11-12H2,(H,19,22). The van der Waals surface area contributed by atoms with Gasteiger partial charge >= 0.3 is 0 Å². The lowest BCUT2D eigenvalue weighted by Gasteiger charge is -2.25. The Bertz CT molecular complexity index is 994. The van der Waals surface area contributed by atoms with Crippen LogP contribution in [0.3, 0.4) is 0 Å². The Hall–Kier alpha value is -1.40. The van der Waals surface area contributed by atoms with Crippen molar-refractivity contribution < 1.29 is 18.0 Å². The van der Waals surface area contributed by atoms with Gasteiger partial charge in [-0.25, -0.2) is 8.42 Å². The van der Waals surface area contributed by atoms with Crippen LogP contribution < -0.4 is 10.2 Å². The molecule has 0 aliphatic carbocycles. The lowest BCUT2D eigenvalue weighted by atomic mass is 10.3. The summed E-state index contributed by atoms with van der Waals surface area (Å²) in [6.45, 7) is 1.47. The van der Waals surface area contributed by atoms with Gasteiger partial charge in [0.2, 0.25) is 11.8 Å². The molecule has 156 valence electrons. The van der Waals surface area contributed by atoms with Crippen molar-refractivity contribution in [3.63, 3.8) is 0 Å². The number of carbonyl (C=O) groups excluding carboxylic acids is 2. The molecule has 2 aromatic heterocycles. The Kier molecular flexibility index (Phi) is 6.30. The number of sulfonamides is 1. The van der Waals surface area contributed by atoms with Crippen LogP contribution in [0.5, 0.6) is 0 Å². The molecule has 4 heterocycles. The Morgan fingerprint density at radius 2 is 2.03 bits per heavy atom. The smallest absolute Gasteiger partial charge is 0.252 e. The number of nitrogens with zero attached hydrogens (tertiary/aromatic N) is 2. The highest BCUT2D eigenvalue weighted by molar-refractivity contribution is 8.02. The largest absolute Gasteiger partial charge is 0.354 e. The summed E-state index contributed by atoms with van der Waals surface area (Å²) in [5.74, 6) is -0.221. The minimum atomic E-state index is -3.54. The van der Waals surface area contributed by atoms with Crippen molar-refractivity contribution in [3.8, 4) is 0 Å². The first-order valence-electron chi connectivity index (χ1n) is 9.31. The van der Waals surface area contributed by atoms with Gasteiger partial charge < -0.3 is 10.2 Å². The summed E-state index contributed by atoms with van der Waals surface area (Å²) in [6, 6.07) is 5.54. The molecule has 0 spiro atoms. The van der Waals surface area contributed by atoms with E-state index in [0.717, 1.165) is 23.5 Å². The molecule has 7 nitrogen and oxygen atoms in total. The normalized spacial score (nSPS) is 17.5. The molecule has 11 heteroatoms. The number of amides is 2. The number of hydrogen-bond acceptors (Lipinski definition) is 7. The molecule has 2 aliphatic rings. The van der Waals surface area contributed by atoms with Crippen molar-refractivity contribution in [2.24, 2.45) is 0 Å². The van der Waals surface area contributed by atoms with Crippen LogP contribution in [-0.4, -0.2) is 56.5 Å². The zero-order chi connectivity index (χ0) is 20.4. The van der Waals surface area contributed by atoms with Gasteiger partial charge in [-0.15, -0.1) is 34.4 Å². The predicted molar refractivity (Wildman–Crippen MR) is 116 cm³/mol. The van der Waals surface area contributed by atoms with Crippen LogP contribution in [0.25, 0.3) is 0 Å². The van der Waals surface area contributed by atoms with Crippen LogP contribution in [0.4, 0.5) is 5.69 Å². The predicted octanol–water partition coefficient (Wildman–Crippen LogP) is 2.39. The maximum atomic E-state index is 12.9. The van der Waals surface area contributed by atoms with Gasteiger partial charge in [-0.3, -0.25) is 9.59 Å². The van der Waals surface area contributed by atoms with E-state index in [9.17, 15) is 18.0 Å². The average molecular weight is 472 g/mol. The number of fused-ring (bicyclic) bond motifs is 1. The second-order valence-corrected chi connectivity index (χ2v) is 12.3. The van der Waals surface area contributed by atoms with Gasteiger partial charge in [-0.1, -0.05) is 6.07 Å². The molecule has 1 N–H and O–H groups in total. The van der Waals surface area contributed by atoms with E-state index in [1.54, 1.807) is 17.4 Å². The van der Waals surface area contributed by atoms with Crippen LogP contribution >= 0.6 is 34.4 Å². The first-order valence-corrected chi connectivity index (χ1v) is 13.4. The number of rotatable bonds is 7. The van der Waals surface area contributed by atoms with Crippen molar-refractivity contribution in [1.29, 1.82) is 0 Å². The number of carbonyl (C=O) groups is 2. The second-order valence-electron chi connectivity index (χ2n) is 6.80. The van der Waals surface area contributed by atoms with Gasteiger partial charge in [0.15, 0.2) is 0 Å². The van der Waals surface area contributed by atoms with E-state index in [1.165, 1.54) is 37.2 Å². The molecule has 0 unspecified atom stereocenters. The monoisotopic (exact) mass is 471 g/mol. The van der Waals surface area contributed by atoms with Gasteiger partial charge in [-0.05, 0) is 36.8 Å². The molecule has 1 fully saturated rings. The molecule has 29 heavy (non-hydrogen) atoms. The van der Waals surface area contributed by atoms with E-state index < -0.39 is 10.0 Å². The summed E-state index contributed by atoms with van der Waals surface area (Å²) in [5.41, 5.74) is 0.530. The quantitative estimate of drug-likeness (QED) is 0.670. The Labute approximate surface area is 182 Å². The number of anilines is 1. The van der Waals surface area contributed by atoms with E-state index in [1.807, 2.05) is 17.5 Å². The van der Waals surface area contributed by atoms with Crippen LogP contribution in [0.2, 0.25) is 0 Å². The number of nitrogens with one attached hydrogen (secondary N) is 1. The summed E-state index contributed by atoms with van der Waals surface area (Å²) < 4.78 is 28.2. The first-order chi connectivity index (χ1) is 13.9. The molecule has 1 saturated heterocycles. The highest BCUT2D eigenvalue weighted by Crippen LogP contribution is 2.44. The minimum absolute atomic E-state index is 0.100. The molecular formula is C18H21N3O4S4. The fraction of sp³-hybridized carbons (Fsp3) is 0.444. The summed E-state index contributed by atoms with van der Waals surface area (Å²) in [5, 5.41) is 4.84. The van der Waals surface area contributed by atoms with E-state index >= 15 is 0 Å². The third kappa shape index (κ3) is 4.53. The fourth-order valence-corrected chi connectivity index (χ4v) is 8.46. The van der Waals surface area contributed by atoms with Crippen LogP contribution in [0.15, 0.2) is 32.0 Å². The molecule has 0 aromatic carbocycles. The zero-order valence-corrected chi connectivity index (χ0v) is 18.9. The molecule has 0 atom stereocenters. The van der Waals surface area contributed by atoms with Crippen molar-refractivity contribution in [2.75, 3.05) is 36.8 Å². The van der Waals surface area contributed by atoms with E-state index in [4.69, 9.17) is 0 Å². The molecule has 4 rings (SSSR count). The summed E-state index contributed by atoms with van der Waals surface area (Å²) in [6.07, 6.45) is 2.49. The highest BCUT2D eigenvalue weighted by atomic mass is 32.3. The van der Waals surface area contributed by atoms with Crippen LogP contribution in [0, 0.1) is 0 Å². The second kappa shape index (κ2) is 8.76. The lowest BCUT2D eigenvalue weighted by molar-refractivity contribution is -0.122. The molecule has 2 amide bonds. The van der Waals surface area contributed by atoms with E-state index in [2.05, 4.69) is 5.32 Å². The van der Waals surface area contributed by atoms with Crippen LogP contribution in [-0.2, 0) is 26.0 Å². The van der Waals surface area contributed by atoms with Gasteiger partial charge in [0.25, 0.3) is 10.0 Å². The van der Waals surface area contributed by atoms with Gasteiger partial charge in [0.05, 0.1) is 15.6 Å². The fourth-order valence-electron chi connectivity index (χ4n) is 3.31. The lowest BCUT2D eigenvalue weighted by Crippen LogP contribution is -2.43. The highest BCUT2D eigenvalue weighted by Gasteiger charge is 2.34. The summed E-state index contributed by atoms with van der Waals surface area (Å²) in [4.78, 5) is 27.4. The number of thioether (sulfide) groups is 1. The molecule has 2 aromatic rings. The average Bonchev–Trinajstić information content (AvgIpc) is 3.45. The number of hydrogen-bond donors (Lipinski definition) is 1. The Morgan fingerprint density at radius 1 is 1.24 bits per heavy atom. The summed E-state index contributed by atoms with van der Waals surface area (Å²) >= 11 is 4.16. The molecule has 2 aliphatic heterocycles. The minimum Gasteiger partial charge on any atom is -0.354 e. The molecule has 0 saturated carbocycles. The van der Waals surface area contributed by atoms with Gasteiger partial charge in [0.1, 0.15) is 10.8 Å². The molecule has 0 radical (unpaired) electrons. The molecule has 0 bridgehead atoms. The van der Waals surface area contributed by atoms with Gasteiger partial charge in [-0.2, -0.15) is 4.31 Å². The van der Waals surface area contributed by atoms with Crippen molar-refractivity contribution >= 4 is 62.0 Å². The maximum absolute atomic E-state index is 12.9. The maximum Gasteiger partial charge on any atom is 0.252 e. The number of thiophene rings is 2. The SMILES string of the molecule is O=C(CN1C(=O)CSc2sc(S(=O)(=O)N3CCCC3)cc21)NCCc1cccs1. The Morgan fingerprint density at radius 3 is 2.76 bits per heavy atom.